The number of hydrogen-bond acceptors (Lipinski definition) is 4. The lowest BCUT2D eigenvalue weighted by Gasteiger charge is -2.29. The van der Waals surface area contributed by atoms with Crippen LogP contribution in [0.4, 0.5) is 0 Å². The lowest BCUT2D eigenvalue weighted by Crippen LogP contribution is -2.34. The molecule has 2 rings (SSSR count). The number of nitrogens with one attached hydrogen (secondary N) is 1. The Bertz CT molecular complexity index is 397. The average molecular weight is 354 g/mol. The number of hydrogen-bond donors (Lipinski definition) is 1. The molecule has 7 heteroatoms. The minimum atomic E-state index is 0. The maximum Gasteiger partial charge on any atom is 0.222 e. The van der Waals surface area contributed by atoms with Crippen molar-refractivity contribution in [3.05, 3.63) is 16.6 Å². The van der Waals surface area contributed by atoms with Gasteiger partial charge in [0, 0.05) is 18.8 Å². The third-order valence-corrected chi connectivity index (χ3v) is 4.63. The lowest BCUT2D eigenvalue weighted by atomic mass is 9.84. The second-order valence-electron chi connectivity index (χ2n) is 5.50. The van der Waals surface area contributed by atoms with Crippen LogP contribution in [-0.2, 0) is 11.3 Å². The molecule has 1 fully saturated rings. The number of rotatable bonds is 5. The molecule has 1 unspecified atom stereocenters. The van der Waals surface area contributed by atoms with E-state index in [1.54, 1.807) is 16.2 Å². The molecule has 1 saturated heterocycles. The molecule has 0 bridgehead atoms. The highest BCUT2D eigenvalue weighted by Gasteiger charge is 2.23. The van der Waals surface area contributed by atoms with Gasteiger partial charge in [0.15, 0.2) is 0 Å². The first-order valence-electron chi connectivity index (χ1n) is 6.98. The van der Waals surface area contributed by atoms with Gasteiger partial charge in [-0.15, -0.1) is 36.2 Å². The van der Waals surface area contributed by atoms with Crippen molar-refractivity contribution in [1.82, 2.24) is 15.2 Å². The van der Waals surface area contributed by atoms with Gasteiger partial charge in [0.25, 0.3) is 0 Å². The summed E-state index contributed by atoms with van der Waals surface area (Å²) >= 11 is 1.57. The van der Waals surface area contributed by atoms with Crippen LogP contribution >= 0.6 is 36.2 Å². The number of nitrogens with zero attached hydrogens (tertiary/aromatic N) is 2. The Balaban J connectivity index is 0.00000200. The molecule has 1 aromatic rings. The largest absolute Gasteiger partial charge is 0.340 e. The van der Waals surface area contributed by atoms with Gasteiger partial charge in [0.1, 0.15) is 0 Å². The van der Waals surface area contributed by atoms with Crippen molar-refractivity contribution in [2.24, 2.45) is 11.8 Å². The standard InChI is InChI=1S/C14H23N3OS.2ClH/c1-11(12-3-5-15-6-4-12)7-14(18)17(2)8-13-9-19-10-16-13;;/h9-12,15H,3-8H2,1-2H3;2*1H. The monoisotopic (exact) mass is 353 g/mol. The first-order chi connectivity index (χ1) is 9.16. The summed E-state index contributed by atoms with van der Waals surface area (Å²) in [7, 11) is 1.87. The molecule has 1 aliphatic rings. The van der Waals surface area contributed by atoms with E-state index < -0.39 is 0 Å². The maximum atomic E-state index is 12.2. The number of aromatic nitrogens is 1. The Morgan fingerprint density at radius 2 is 2.14 bits per heavy atom. The van der Waals surface area contributed by atoms with Crippen LogP contribution in [0.2, 0.25) is 0 Å². The number of halogens is 2. The van der Waals surface area contributed by atoms with Crippen molar-refractivity contribution in [1.29, 1.82) is 0 Å². The first kappa shape index (κ1) is 20.6. The maximum absolute atomic E-state index is 12.2. The molecule has 1 aliphatic heterocycles. The molecule has 1 aromatic heterocycles. The van der Waals surface area contributed by atoms with Gasteiger partial charge in [-0.2, -0.15) is 0 Å². The number of carbonyl (C=O) groups excluding carboxylic acids is 1. The van der Waals surface area contributed by atoms with Crippen LogP contribution in [-0.4, -0.2) is 35.9 Å². The highest BCUT2D eigenvalue weighted by atomic mass is 35.5. The molecule has 1 N–H and O–H groups in total. The van der Waals surface area contributed by atoms with Crippen molar-refractivity contribution >= 4 is 42.1 Å². The number of carbonyl (C=O) groups is 1. The fourth-order valence-electron chi connectivity index (χ4n) is 2.66. The Morgan fingerprint density at radius 1 is 1.48 bits per heavy atom. The normalized spacial score (nSPS) is 16.5. The summed E-state index contributed by atoms with van der Waals surface area (Å²) in [6.07, 6.45) is 3.06. The molecule has 2 heterocycles. The van der Waals surface area contributed by atoms with Gasteiger partial charge < -0.3 is 10.2 Å². The molecule has 4 nitrogen and oxygen atoms in total. The van der Waals surface area contributed by atoms with Gasteiger partial charge in [-0.05, 0) is 37.8 Å². The van der Waals surface area contributed by atoms with Crippen molar-refractivity contribution in [2.45, 2.75) is 32.7 Å². The summed E-state index contributed by atoms with van der Waals surface area (Å²) in [5.74, 6) is 1.41. The molecular weight excluding hydrogens is 329 g/mol. The van der Waals surface area contributed by atoms with Gasteiger partial charge in [-0.25, -0.2) is 4.98 Å². The zero-order valence-electron chi connectivity index (χ0n) is 12.6. The number of amides is 1. The third kappa shape index (κ3) is 6.51. The summed E-state index contributed by atoms with van der Waals surface area (Å²) in [6.45, 7) is 5.03. The minimum Gasteiger partial charge on any atom is -0.340 e. The Morgan fingerprint density at radius 3 is 2.71 bits per heavy atom. The fourth-order valence-corrected chi connectivity index (χ4v) is 3.21. The Labute approximate surface area is 143 Å². The Kier molecular flexibility index (Phi) is 10.2. The van der Waals surface area contributed by atoms with E-state index in [0.717, 1.165) is 18.8 Å². The van der Waals surface area contributed by atoms with Crippen LogP contribution in [0.25, 0.3) is 0 Å². The number of piperidine rings is 1. The predicted octanol–water partition coefficient (Wildman–Crippen LogP) is 2.97. The van der Waals surface area contributed by atoms with Gasteiger partial charge in [-0.1, -0.05) is 6.92 Å². The first-order valence-corrected chi connectivity index (χ1v) is 7.93. The molecule has 0 aliphatic carbocycles. The second kappa shape index (κ2) is 10.4. The van der Waals surface area contributed by atoms with E-state index in [9.17, 15) is 4.79 Å². The number of thiazole rings is 1. The quantitative estimate of drug-likeness (QED) is 0.884. The molecule has 122 valence electrons. The van der Waals surface area contributed by atoms with Crippen molar-refractivity contribution in [3.63, 3.8) is 0 Å². The summed E-state index contributed by atoms with van der Waals surface area (Å²) < 4.78 is 0. The van der Waals surface area contributed by atoms with Gasteiger partial charge >= 0.3 is 0 Å². The van der Waals surface area contributed by atoms with Crippen LogP contribution in [0.5, 0.6) is 0 Å². The molecule has 1 amide bonds. The zero-order chi connectivity index (χ0) is 13.7. The molecule has 21 heavy (non-hydrogen) atoms. The summed E-state index contributed by atoms with van der Waals surface area (Å²) in [4.78, 5) is 18.2. The van der Waals surface area contributed by atoms with Crippen LogP contribution in [0.1, 0.15) is 31.9 Å². The van der Waals surface area contributed by atoms with Gasteiger partial charge in [-0.3, -0.25) is 4.79 Å². The molecule has 0 radical (unpaired) electrons. The van der Waals surface area contributed by atoms with E-state index in [0.29, 0.717) is 24.8 Å². The molecular formula is C14H25Cl2N3OS. The van der Waals surface area contributed by atoms with E-state index in [1.807, 2.05) is 17.9 Å². The minimum absolute atomic E-state index is 0. The van der Waals surface area contributed by atoms with Crippen LogP contribution in [0.15, 0.2) is 10.9 Å². The van der Waals surface area contributed by atoms with Crippen molar-refractivity contribution < 1.29 is 4.79 Å². The summed E-state index contributed by atoms with van der Waals surface area (Å²) in [5.41, 5.74) is 2.79. The van der Waals surface area contributed by atoms with Crippen molar-refractivity contribution in [3.8, 4) is 0 Å². The van der Waals surface area contributed by atoms with Gasteiger partial charge in [0.05, 0.1) is 17.7 Å². The third-order valence-electron chi connectivity index (χ3n) is 3.99. The van der Waals surface area contributed by atoms with E-state index in [2.05, 4.69) is 17.2 Å². The summed E-state index contributed by atoms with van der Waals surface area (Å²) in [5, 5.41) is 5.37. The van der Waals surface area contributed by atoms with Crippen LogP contribution in [0.3, 0.4) is 0 Å². The lowest BCUT2D eigenvalue weighted by molar-refractivity contribution is -0.131. The van der Waals surface area contributed by atoms with E-state index in [-0.39, 0.29) is 30.7 Å². The van der Waals surface area contributed by atoms with Gasteiger partial charge in [0.2, 0.25) is 5.91 Å². The van der Waals surface area contributed by atoms with Crippen LogP contribution in [0, 0.1) is 11.8 Å². The zero-order valence-corrected chi connectivity index (χ0v) is 15.0. The predicted molar refractivity (Wildman–Crippen MR) is 92.5 cm³/mol. The smallest absolute Gasteiger partial charge is 0.222 e. The summed E-state index contributed by atoms with van der Waals surface area (Å²) in [6, 6.07) is 0. The topological polar surface area (TPSA) is 45.2 Å². The van der Waals surface area contributed by atoms with Crippen LogP contribution < -0.4 is 5.32 Å². The molecule has 0 saturated carbocycles. The average Bonchev–Trinajstić information content (AvgIpc) is 2.92. The van der Waals surface area contributed by atoms with E-state index in [4.69, 9.17) is 0 Å². The molecule has 1 atom stereocenters. The SMILES string of the molecule is CC(CC(=O)N(C)Cc1cscn1)C1CCNCC1.Cl.Cl. The molecule has 0 aromatic carbocycles. The highest BCUT2D eigenvalue weighted by molar-refractivity contribution is 7.07. The Hall–Kier alpha value is -0.360. The van der Waals surface area contributed by atoms with Crippen molar-refractivity contribution in [2.75, 3.05) is 20.1 Å². The van der Waals surface area contributed by atoms with E-state index in [1.165, 1.54) is 12.8 Å². The fraction of sp³-hybridized carbons (Fsp3) is 0.714. The second-order valence-corrected chi connectivity index (χ2v) is 6.22. The molecule has 0 spiro atoms. The van der Waals surface area contributed by atoms with E-state index >= 15 is 0 Å². The highest BCUT2D eigenvalue weighted by Crippen LogP contribution is 2.24.